The average Bonchev–Trinajstić information content (AvgIpc) is 2.87. The van der Waals surface area contributed by atoms with Crippen molar-refractivity contribution in [2.45, 2.75) is 9.79 Å². The highest BCUT2D eigenvalue weighted by Crippen LogP contribution is 2.27. The van der Waals surface area contributed by atoms with Gasteiger partial charge in [0, 0.05) is 22.0 Å². The lowest BCUT2D eigenvalue weighted by Crippen LogP contribution is -2.17. The van der Waals surface area contributed by atoms with E-state index in [9.17, 15) is 21.6 Å². The Morgan fingerprint density at radius 3 is 2.05 bits per heavy atom. The van der Waals surface area contributed by atoms with Crippen molar-refractivity contribution in [2.24, 2.45) is 0 Å². The maximum absolute atomic E-state index is 12.9. The first-order valence-corrected chi connectivity index (χ1v) is 14.8. The van der Waals surface area contributed by atoms with Gasteiger partial charge in [-0.1, -0.05) is 53.0 Å². The summed E-state index contributed by atoms with van der Waals surface area (Å²) in [6.45, 7) is 0. The molecule has 8 nitrogen and oxygen atoms in total. The summed E-state index contributed by atoms with van der Waals surface area (Å²) in [6, 6.07) is 21.6. The fraction of sp³-hybridized carbons (Fsp3) is 0. The maximum Gasteiger partial charge on any atom is 0.263 e. The molecule has 1 amide bonds. The van der Waals surface area contributed by atoms with Crippen LogP contribution in [0, 0.1) is 0 Å². The average molecular weight is 611 g/mol. The van der Waals surface area contributed by atoms with Gasteiger partial charge in [-0.25, -0.2) is 16.8 Å². The third-order valence-electron chi connectivity index (χ3n) is 5.10. The highest BCUT2D eigenvalue weighted by Gasteiger charge is 2.21. The lowest BCUT2D eigenvalue weighted by atomic mass is 10.2. The summed E-state index contributed by atoms with van der Waals surface area (Å²) in [5, 5.41) is 3.13. The number of rotatable bonds is 8. The fourth-order valence-electron chi connectivity index (χ4n) is 3.27. The van der Waals surface area contributed by atoms with Crippen molar-refractivity contribution in [1.82, 2.24) is 0 Å². The molecule has 196 valence electrons. The van der Waals surface area contributed by atoms with Crippen molar-refractivity contribution >= 4 is 77.8 Å². The summed E-state index contributed by atoms with van der Waals surface area (Å²) in [5.74, 6) is -0.682. The predicted octanol–water partition coefficient (Wildman–Crippen LogP) is 6.50. The Morgan fingerprint density at radius 2 is 1.34 bits per heavy atom. The van der Waals surface area contributed by atoms with E-state index in [1.54, 1.807) is 18.2 Å². The van der Waals surface area contributed by atoms with Crippen LogP contribution in [0.15, 0.2) is 101 Å². The lowest BCUT2D eigenvalue weighted by molar-refractivity contribution is 0.102. The fourth-order valence-corrected chi connectivity index (χ4v) is 6.35. The van der Waals surface area contributed by atoms with Gasteiger partial charge in [-0.2, -0.15) is 0 Å². The zero-order valence-electron chi connectivity index (χ0n) is 19.2. The molecular weight excluding hydrogens is 593 g/mol. The van der Waals surface area contributed by atoms with Crippen LogP contribution in [0.25, 0.3) is 0 Å². The van der Waals surface area contributed by atoms with Gasteiger partial charge in [-0.15, -0.1) is 0 Å². The summed E-state index contributed by atoms with van der Waals surface area (Å²) in [5.41, 5.74) is 0.596. The molecule has 0 aliphatic heterocycles. The van der Waals surface area contributed by atoms with Crippen molar-refractivity contribution in [2.75, 3.05) is 14.8 Å². The van der Waals surface area contributed by atoms with Crippen molar-refractivity contribution in [3.63, 3.8) is 0 Å². The van der Waals surface area contributed by atoms with Crippen molar-refractivity contribution in [3.8, 4) is 0 Å². The van der Waals surface area contributed by atoms with Gasteiger partial charge < -0.3 is 5.32 Å². The molecule has 0 saturated carbocycles. The third kappa shape index (κ3) is 6.58. The molecule has 0 radical (unpaired) electrons. The van der Waals surface area contributed by atoms with Crippen LogP contribution in [0.1, 0.15) is 10.4 Å². The molecule has 0 saturated heterocycles. The number of anilines is 3. The monoisotopic (exact) mass is 609 g/mol. The molecule has 13 heteroatoms. The van der Waals surface area contributed by atoms with Crippen molar-refractivity contribution in [3.05, 3.63) is 112 Å². The molecule has 0 heterocycles. The minimum atomic E-state index is -4.15. The summed E-state index contributed by atoms with van der Waals surface area (Å²) in [7, 11) is -8.17. The molecule has 4 rings (SSSR count). The van der Waals surface area contributed by atoms with Gasteiger partial charge in [0.05, 0.1) is 20.6 Å². The van der Waals surface area contributed by atoms with Crippen LogP contribution in [0.2, 0.25) is 15.1 Å². The molecule has 0 fully saturated rings. The molecule has 0 spiro atoms. The quantitative estimate of drug-likeness (QED) is 0.210. The van der Waals surface area contributed by atoms with Crippen LogP contribution < -0.4 is 14.8 Å². The van der Waals surface area contributed by atoms with Gasteiger partial charge >= 0.3 is 0 Å². The van der Waals surface area contributed by atoms with E-state index in [0.717, 1.165) is 6.07 Å². The second-order valence-electron chi connectivity index (χ2n) is 7.82. The van der Waals surface area contributed by atoms with Gasteiger partial charge in [-0.05, 0) is 72.8 Å². The number of sulfonamides is 2. The van der Waals surface area contributed by atoms with E-state index >= 15 is 0 Å². The minimum absolute atomic E-state index is 0.0201. The molecule has 3 N–H and O–H groups in total. The first-order chi connectivity index (χ1) is 17.9. The molecular formula is C25H18Cl3N3O5S2. The van der Waals surface area contributed by atoms with Crippen molar-refractivity contribution < 1.29 is 21.6 Å². The molecule has 38 heavy (non-hydrogen) atoms. The number of nitrogens with one attached hydrogen (secondary N) is 3. The summed E-state index contributed by atoms with van der Waals surface area (Å²) in [6.07, 6.45) is 0. The first kappa shape index (κ1) is 27.7. The normalized spacial score (nSPS) is 11.6. The zero-order valence-corrected chi connectivity index (χ0v) is 23.1. The molecule has 4 aromatic carbocycles. The Morgan fingerprint density at radius 1 is 0.632 bits per heavy atom. The Bertz CT molecular complexity index is 1730. The molecule has 0 unspecified atom stereocenters. The molecule has 0 atom stereocenters. The van der Waals surface area contributed by atoms with Gasteiger partial charge in [0.25, 0.3) is 26.0 Å². The maximum atomic E-state index is 12.9. The Labute approximate surface area is 234 Å². The number of hydrogen-bond donors (Lipinski definition) is 3. The van der Waals surface area contributed by atoms with Crippen LogP contribution in [0.4, 0.5) is 17.1 Å². The molecule has 0 aliphatic rings. The van der Waals surface area contributed by atoms with Crippen LogP contribution in [0.3, 0.4) is 0 Å². The highest BCUT2D eigenvalue weighted by atomic mass is 35.5. The Hall–Kier alpha value is -3.28. The number of para-hydroxylation sites is 1. The molecule has 0 aliphatic carbocycles. The molecule has 0 aromatic heterocycles. The third-order valence-corrected chi connectivity index (χ3v) is 8.91. The number of benzene rings is 4. The van der Waals surface area contributed by atoms with E-state index in [2.05, 4.69) is 14.8 Å². The minimum Gasteiger partial charge on any atom is -0.322 e. The van der Waals surface area contributed by atoms with Gasteiger partial charge in [0.15, 0.2) is 0 Å². The Balaban J connectivity index is 1.55. The van der Waals surface area contributed by atoms with E-state index in [1.165, 1.54) is 66.7 Å². The van der Waals surface area contributed by atoms with E-state index in [4.69, 9.17) is 34.8 Å². The van der Waals surface area contributed by atoms with Gasteiger partial charge in [-0.3, -0.25) is 14.2 Å². The lowest BCUT2D eigenvalue weighted by Gasteiger charge is -2.13. The van der Waals surface area contributed by atoms with Crippen LogP contribution in [-0.4, -0.2) is 22.7 Å². The number of amides is 1. The number of carbonyl (C=O) groups excluding carboxylic acids is 1. The summed E-state index contributed by atoms with van der Waals surface area (Å²) >= 11 is 18.0. The predicted molar refractivity (Wildman–Crippen MR) is 150 cm³/mol. The van der Waals surface area contributed by atoms with Crippen LogP contribution in [-0.2, 0) is 20.0 Å². The van der Waals surface area contributed by atoms with E-state index in [0.29, 0.717) is 5.02 Å². The second-order valence-corrected chi connectivity index (χ2v) is 12.4. The zero-order chi connectivity index (χ0) is 27.5. The van der Waals surface area contributed by atoms with E-state index in [1.807, 2.05) is 0 Å². The van der Waals surface area contributed by atoms with Gasteiger partial charge in [0.1, 0.15) is 4.90 Å². The SMILES string of the molecule is O=C(Nc1cccc(S(=O)(=O)Nc2ccccc2Cl)c1)c1ccc(Cl)c(S(=O)(=O)Nc2ccc(Cl)cc2)c1. The summed E-state index contributed by atoms with van der Waals surface area (Å²) < 4.78 is 56.3. The number of carbonyl (C=O) groups is 1. The van der Waals surface area contributed by atoms with Gasteiger partial charge in [0.2, 0.25) is 0 Å². The van der Waals surface area contributed by atoms with Crippen LogP contribution in [0.5, 0.6) is 0 Å². The Kier molecular flexibility index (Phi) is 8.19. The number of hydrogen-bond acceptors (Lipinski definition) is 5. The second kappa shape index (κ2) is 11.2. The van der Waals surface area contributed by atoms with E-state index < -0.39 is 26.0 Å². The smallest absolute Gasteiger partial charge is 0.263 e. The molecule has 4 aromatic rings. The largest absolute Gasteiger partial charge is 0.322 e. The number of halogens is 3. The highest BCUT2D eigenvalue weighted by molar-refractivity contribution is 7.93. The standard InChI is InChI=1S/C25H18Cl3N3O5S2/c26-17-9-11-18(12-10-17)30-38(35,36)24-14-16(8-13-22(24)28)25(32)29-19-4-3-5-20(15-19)37(33,34)31-23-7-2-1-6-21(23)27/h1-15,30-31H,(H,29,32). The topological polar surface area (TPSA) is 121 Å². The first-order valence-electron chi connectivity index (χ1n) is 10.7. The van der Waals surface area contributed by atoms with E-state index in [-0.39, 0.29) is 42.5 Å². The van der Waals surface area contributed by atoms with Crippen molar-refractivity contribution in [1.29, 1.82) is 0 Å². The van der Waals surface area contributed by atoms with Crippen LogP contribution >= 0.6 is 34.8 Å². The molecule has 0 bridgehead atoms. The summed E-state index contributed by atoms with van der Waals surface area (Å²) in [4.78, 5) is 12.5.